The van der Waals surface area contributed by atoms with Gasteiger partial charge in [-0.1, -0.05) is 27.5 Å². The Hall–Kier alpha value is -0.650. The van der Waals surface area contributed by atoms with Gasteiger partial charge in [0.25, 0.3) is 0 Å². The highest BCUT2D eigenvalue weighted by atomic mass is 79.9. The van der Waals surface area contributed by atoms with Gasteiger partial charge in [-0.25, -0.2) is 9.97 Å². The van der Waals surface area contributed by atoms with E-state index in [0.29, 0.717) is 10.8 Å². The van der Waals surface area contributed by atoms with Crippen molar-refractivity contribution in [2.75, 3.05) is 0 Å². The van der Waals surface area contributed by atoms with Crippen molar-refractivity contribution < 1.29 is 4.74 Å². The van der Waals surface area contributed by atoms with Gasteiger partial charge in [-0.3, -0.25) is 0 Å². The van der Waals surface area contributed by atoms with Crippen molar-refractivity contribution in [2.45, 2.75) is 0 Å². The number of halogens is 3. The van der Waals surface area contributed by atoms with E-state index in [0.717, 1.165) is 8.95 Å². The molecule has 1 aromatic heterocycles. The van der Waals surface area contributed by atoms with Crippen LogP contribution in [0.1, 0.15) is 0 Å². The van der Waals surface area contributed by atoms with E-state index in [4.69, 9.17) is 16.3 Å². The van der Waals surface area contributed by atoms with E-state index in [1.807, 2.05) is 6.07 Å². The maximum atomic E-state index is 5.97. The van der Waals surface area contributed by atoms with E-state index in [-0.39, 0.29) is 6.01 Å². The van der Waals surface area contributed by atoms with Crippen LogP contribution in [0.5, 0.6) is 11.8 Å². The van der Waals surface area contributed by atoms with Gasteiger partial charge in [-0.2, -0.15) is 0 Å². The monoisotopic (exact) mass is 362 g/mol. The summed E-state index contributed by atoms with van der Waals surface area (Å²) in [6.07, 6.45) is 3.21. The van der Waals surface area contributed by atoms with Crippen LogP contribution >= 0.6 is 43.5 Å². The predicted molar refractivity (Wildman–Crippen MR) is 69.0 cm³/mol. The Morgan fingerprint density at radius 2 is 1.75 bits per heavy atom. The van der Waals surface area contributed by atoms with Crippen LogP contribution in [0.15, 0.2) is 39.5 Å². The molecule has 0 amide bonds. The summed E-state index contributed by atoms with van der Waals surface area (Å²) in [6, 6.07) is 5.58. The molecule has 2 aromatic rings. The molecule has 0 saturated heterocycles. The zero-order valence-electron chi connectivity index (χ0n) is 7.82. The van der Waals surface area contributed by atoms with Gasteiger partial charge in [0.15, 0.2) is 5.75 Å². The highest BCUT2D eigenvalue weighted by Crippen LogP contribution is 2.30. The second-order valence-corrected chi connectivity index (χ2v) is 5.10. The van der Waals surface area contributed by atoms with E-state index >= 15 is 0 Å². The van der Waals surface area contributed by atoms with Gasteiger partial charge in [0.05, 0.1) is 9.50 Å². The van der Waals surface area contributed by atoms with Crippen LogP contribution in [0.4, 0.5) is 0 Å². The Morgan fingerprint density at radius 1 is 1.06 bits per heavy atom. The lowest BCUT2D eigenvalue weighted by molar-refractivity contribution is 0.441. The van der Waals surface area contributed by atoms with Crippen LogP contribution in [0.3, 0.4) is 0 Å². The second-order valence-electron chi connectivity index (χ2n) is 2.86. The molecule has 0 atom stereocenters. The van der Waals surface area contributed by atoms with Gasteiger partial charge in [0.2, 0.25) is 0 Å². The molecule has 3 nitrogen and oxygen atoms in total. The van der Waals surface area contributed by atoms with Gasteiger partial charge in [-0.05, 0) is 34.1 Å². The Kier molecular flexibility index (Phi) is 3.78. The number of aromatic nitrogens is 2. The van der Waals surface area contributed by atoms with Crippen molar-refractivity contribution in [1.29, 1.82) is 0 Å². The predicted octanol–water partition coefficient (Wildman–Crippen LogP) is 4.45. The molecule has 0 unspecified atom stereocenters. The highest BCUT2D eigenvalue weighted by Gasteiger charge is 2.05. The summed E-state index contributed by atoms with van der Waals surface area (Å²) in [4.78, 5) is 7.98. The lowest BCUT2D eigenvalue weighted by atomic mass is 10.3. The second kappa shape index (κ2) is 5.12. The Balaban J connectivity index is 2.26. The molecule has 0 bridgehead atoms. The largest absolute Gasteiger partial charge is 0.423 e. The fourth-order valence-electron chi connectivity index (χ4n) is 1.01. The van der Waals surface area contributed by atoms with Crippen molar-refractivity contribution in [3.63, 3.8) is 0 Å². The molecule has 16 heavy (non-hydrogen) atoms. The van der Waals surface area contributed by atoms with Gasteiger partial charge < -0.3 is 4.74 Å². The molecule has 0 N–H and O–H groups in total. The van der Waals surface area contributed by atoms with Crippen molar-refractivity contribution in [3.8, 4) is 11.8 Å². The molecule has 1 heterocycles. The first-order valence-corrected chi connectivity index (χ1v) is 6.22. The Bertz CT molecular complexity index is 505. The smallest absolute Gasteiger partial charge is 0.321 e. The van der Waals surface area contributed by atoms with Crippen molar-refractivity contribution >= 4 is 43.5 Å². The van der Waals surface area contributed by atoms with Crippen LogP contribution in [0, 0.1) is 0 Å². The van der Waals surface area contributed by atoms with Crippen LogP contribution in [-0.4, -0.2) is 9.97 Å². The first-order valence-electron chi connectivity index (χ1n) is 4.25. The minimum atomic E-state index is 0.253. The minimum Gasteiger partial charge on any atom is -0.423 e. The number of rotatable bonds is 2. The zero-order chi connectivity index (χ0) is 11.5. The summed E-state index contributed by atoms with van der Waals surface area (Å²) in [7, 11) is 0. The van der Waals surface area contributed by atoms with E-state index in [9.17, 15) is 0 Å². The van der Waals surface area contributed by atoms with E-state index in [2.05, 4.69) is 41.8 Å². The van der Waals surface area contributed by atoms with Crippen molar-refractivity contribution in [3.05, 3.63) is 44.6 Å². The van der Waals surface area contributed by atoms with Crippen LogP contribution in [0.25, 0.3) is 0 Å². The van der Waals surface area contributed by atoms with Crippen LogP contribution < -0.4 is 4.74 Å². The lowest BCUT2D eigenvalue weighted by Gasteiger charge is -2.05. The fraction of sp³-hybridized carbons (Fsp3) is 0. The molecule has 0 radical (unpaired) electrons. The Morgan fingerprint density at radius 3 is 2.44 bits per heavy atom. The molecule has 0 aliphatic rings. The van der Waals surface area contributed by atoms with Crippen molar-refractivity contribution in [1.82, 2.24) is 9.97 Å². The molecule has 6 heteroatoms. The van der Waals surface area contributed by atoms with Gasteiger partial charge in [0, 0.05) is 16.9 Å². The molecule has 0 saturated carbocycles. The maximum absolute atomic E-state index is 5.97. The summed E-state index contributed by atoms with van der Waals surface area (Å²) in [5.74, 6) is 0.512. The third-order valence-corrected chi connectivity index (χ3v) is 2.91. The van der Waals surface area contributed by atoms with Crippen molar-refractivity contribution in [2.24, 2.45) is 0 Å². The highest BCUT2D eigenvalue weighted by molar-refractivity contribution is 9.10. The maximum Gasteiger partial charge on any atom is 0.321 e. The average molecular weight is 364 g/mol. The van der Waals surface area contributed by atoms with Gasteiger partial charge in [0.1, 0.15) is 0 Å². The summed E-state index contributed by atoms with van der Waals surface area (Å²) in [6.45, 7) is 0. The molecule has 0 aliphatic carbocycles. The molecule has 82 valence electrons. The summed E-state index contributed by atoms with van der Waals surface area (Å²) < 4.78 is 7.11. The number of ether oxygens (including phenoxy) is 1. The molecule has 1 aromatic carbocycles. The zero-order valence-corrected chi connectivity index (χ0v) is 11.8. The van der Waals surface area contributed by atoms with Gasteiger partial charge >= 0.3 is 6.01 Å². The molecular weight excluding hydrogens is 359 g/mol. The molecule has 0 spiro atoms. The number of nitrogens with zero attached hydrogens (tertiary/aromatic N) is 2. The third kappa shape index (κ3) is 2.93. The standard InChI is InChI=1S/C10H5Br2ClN2O/c11-6-1-2-8(13)9(3-6)16-10-14-4-7(12)5-15-10/h1-5H. The SMILES string of the molecule is Clc1ccc(Br)cc1Oc1ncc(Br)cn1. The van der Waals surface area contributed by atoms with E-state index in [1.54, 1.807) is 24.5 Å². The average Bonchev–Trinajstić information content (AvgIpc) is 2.27. The lowest BCUT2D eigenvalue weighted by Crippen LogP contribution is -1.91. The summed E-state index contributed by atoms with van der Waals surface area (Å²) in [5.41, 5.74) is 0. The normalized spacial score (nSPS) is 10.2. The topological polar surface area (TPSA) is 35.0 Å². The number of benzene rings is 1. The molecule has 2 rings (SSSR count). The van der Waals surface area contributed by atoms with Crippen LogP contribution in [0.2, 0.25) is 5.02 Å². The molecule has 0 aliphatic heterocycles. The minimum absolute atomic E-state index is 0.253. The summed E-state index contributed by atoms with van der Waals surface area (Å²) >= 11 is 12.5. The molecule has 0 fully saturated rings. The Labute approximate surface area is 114 Å². The van der Waals surface area contributed by atoms with E-state index < -0.39 is 0 Å². The number of hydrogen-bond acceptors (Lipinski definition) is 3. The third-order valence-electron chi connectivity index (χ3n) is 1.69. The first-order chi connectivity index (χ1) is 7.65. The van der Waals surface area contributed by atoms with Crippen LogP contribution in [-0.2, 0) is 0 Å². The molecular formula is C10H5Br2ClN2O. The first kappa shape index (κ1) is 11.8. The summed E-state index contributed by atoms with van der Waals surface area (Å²) in [5, 5.41) is 0.509. The quantitative estimate of drug-likeness (QED) is 0.790. The number of hydrogen-bond donors (Lipinski definition) is 0. The van der Waals surface area contributed by atoms with E-state index in [1.165, 1.54) is 0 Å². The van der Waals surface area contributed by atoms with Gasteiger partial charge in [-0.15, -0.1) is 0 Å². The fourth-order valence-corrected chi connectivity index (χ4v) is 1.71.